The van der Waals surface area contributed by atoms with Crippen LogP contribution in [0.1, 0.15) is 17.7 Å². The molecule has 1 fully saturated rings. The van der Waals surface area contributed by atoms with E-state index in [1.54, 1.807) is 11.3 Å². The van der Waals surface area contributed by atoms with Crippen molar-refractivity contribution < 1.29 is 13.3 Å². The maximum atomic E-state index is 12.3. The molecule has 1 N–H and O–H groups in total. The fourth-order valence-corrected chi connectivity index (χ4v) is 4.89. The summed E-state index contributed by atoms with van der Waals surface area (Å²) in [4.78, 5) is 13.9. The Morgan fingerprint density at radius 3 is 2.46 bits per heavy atom. The maximum Gasteiger partial charge on any atom is 0.269 e. The van der Waals surface area contributed by atoms with Gasteiger partial charge in [-0.15, -0.1) is 11.3 Å². The number of benzene rings is 1. The lowest BCUT2D eigenvalue weighted by Crippen LogP contribution is -2.38. The normalized spacial score (nSPS) is 16.6. The van der Waals surface area contributed by atoms with E-state index in [2.05, 4.69) is 27.1 Å². The summed E-state index contributed by atoms with van der Waals surface area (Å²) in [7, 11) is -3.64. The molecule has 1 aromatic carbocycles. The third-order valence-corrected chi connectivity index (χ3v) is 6.89. The Bertz CT molecular complexity index is 827. The molecule has 0 saturated carbocycles. The molecule has 0 spiro atoms. The Kier molecular flexibility index (Phi) is 6.02. The van der Waals surface area contributed by atoms with Crippen LogP contribution in [0.3, 0.4) is 0 Å². The number of nitro benzene ring substituents is 1. The molecule has 0 bridgehead atoms. The van der Waals surface area contributed by atoms with Crippen LogP contribution in [0.2, 0.25) is 0 Å². The summed E-state index contributed by atoms with van der Waals surface area (Å²) >= 11 is 1.76. The van der Waals surface area contributed by atoms with Gasteiger partial charge in [0.05, 0.1) is 9.82 Å². The van der Waals surface area contributed by atoms with Crippen LogP contribution in [-0.2, 0) is 16.6 Å². The van der Waals surface area contributed by atoms with Gasteiger partial charge in [-0.1, -0.05) is 6.07 Å². The largest absolute Gasteiger partial charge is 0.298 e. The SMILES string of the molecule is O=[N+]([O-])c1ccc(S(=O)(=O)NCC2CCN(Cc3cccs3)CC2)cc1. The molecule has 1 aliphatic rings. The molecule has 7 nitrogen and oxygen atoms in total. The minimum atomic E-state index is -3.64. The predicted octanol–water partition coefficient (Wildman–Crippen LogP) is 2.85. The topological polar surface area (TPSA) is 92.5 Å². The van der Waals surface area contributed by atoms with Crippen LogP contribution in [0.15, 0.2) is 46.7 Å². The first-order valence-electron chi connectivity index (χ1n) is 8.43. The lowest BCUT2D eigenvalue weighted by Gasteiger charge is -2.31. The average Bonchev–Trinajstić information content (AvgIpc) is 3.14. The number of thiophene rings is 1. The van der Waals surface area contributed by atoms with Gasteiger partial charge in [0.1, 0.15) is 0 Å². The zero-order valence-corrected chi connectivity index (χ0v) is 15.8. The zero-order valence-electron chi connectivity index (χ0n) is 14.2. The van der Waals surface area contributed by atoms with Crippen LogP contribution >= 0.6 is 11.3 Å². The Balaban J connectivity index is 1.48. The minimum absolute atomic E-state index is 0.0539. The van der Waals surface area contributed by atoms with E-state index >= 15 is 0 Å². The number of nitro groups is 1. The van der Waals surface area contributed by atoms with Crippen molar-refractivity contribution in [2.75, 3.05) is 19.6 Å². The van der Waals surface area contributed by atoms with Crippen molar-refractivity contribution in [3.05, 3.63) is 56.8 Å². The number of non-ortho nitro benzene ring substituents is 1. The maximum absolute atomic E-state index is 12.3. The minimum Gasteiger partial charge on any atom is -0.298 e. The van der Waals surface area contributed by atoms with E-state index < -0.39 is 14.9 Å². The van der Waals surface area contributed by atoms with E-state index in [0.29, 0.717) is 12.5 Å². The van der Waals surface area contributed by atoms with Crippen LogP contribution < -0.4 is 4.72 Å². The lowest BCUT2D eigenvalue weighted by atomic mass is 9.97. The van der Waals surface area contributed by atoms with E-state index in [9.17, 15) is 18.5 Å². The van der Waals surface area contributed by atoms with Crippen molar-refractivity contribution in [3.8, 4) is 0 Å². The van der Waals surface area contributed by atoms with Crippen molar-refractivity contribution in [2.45, 2.75) is 24.3 Å². The Labute approximate surface area is 156 Å². The van der Waals surface area contributed by atoms with Crippen LogP contribution in [0.4, 0.5) is 5.69 Å². The van der Waals surface area contributed by atoms with Crippen LogP contribution in [-0.4, -0.2) is 37.9 Å². The molecular formula is C17H21N3O4S2. The molecular weight excluding hydrogens is 374 g/mol. The standard InChI is InChI=1S/C17H21N3O4S2/c21-20(22)15-3-5-17(6-4-15)26(23,24)18-12-14-7-9-19(10-8-14)13-16-2-1-11-25-16/h1-6,11,14,18H,7-10,12-13H2. The fourth-order valence-electron chi connectivity index (χ4n) is 3.03. The molecule has 0 radical (unpaired) electrons. The number of nitrogens with zero attached hydrogens (tertiary/aromatic N) is 2. The van der Waals surface area contributed by atoms with Gasteiger partial charge < -0.3 is 0 Å². The quantitative estimate of drug-likeness (QED) is 0.575. The van der Waals surface area contributed by atoms with E-state index in [1.165, 1.54) is 29.1 Å². The molecule has 0 aliphatic carbocycles. The third-order valence-electron chi connectivity index (χ3n) is 4.59. The van der Waals surface area contributed by atoms with Gasteiger partial charge >= 0.3 is 0 Å². The average molecular weight is 396 g/mol. The van der Waals surface area contributed by atoms with Gasteiger partial charge in [0.25, 0.3) is 5.69 Å². The molecule has 140 valence electrons. The number of hydrogen-bond donors (Lipinski definition) is 1. The second-order valence-corrected chi connectivity index (χ2v) is 9.20. The Morgan fingerprint density at radius 1 is 1.19 bits per heavy atom. The molecule has 26 heavy (non-hydrogen) atoms. The summed E-state index contributed by atoms with van der Waals surface area (Å²) in [6.07, 6.45) is 1.91. The van der Waals surface area contributed by atoms with E-state index in [4.69, 9.17) is 0 Å². The molecule has 1 aliphatic heterocycles. The summed E-state index contributed by atoms with van der Waals surface area (Å²) in [5.41, 5.74) is -0.123. The molecule has 2 aromatic rings. The molecule has 0 unspecified atom stereocenters. The zero-order chi connectivity index (χ0) is 18.6. The number of piperidine rings is 1. The van der Waals surface area contributed by atoms with Gasteiger partial charge in [-0.05, 0) is 55.4 Å². The molecule has 1 saturated heterocycles. The molecule has 9 heteroatoms. The molecule has 0 amide bonds. The van der Waals surface area contributed by atoms with Gasteiger partial charge in [-0.2, -0.15) is 0 Å². The molecule has 2 heterocycles. The highest BCUT2D eigenvalue weighted by molar-refractivity contribution is 7.89. The van der Waals surface area contributed by atoms with E-state index in [0.717, 1.165) is 32.5 Å². The number of nitrogens with one attached hydrogen (secondary N) is 1. The van der Waals surface area contributed by atoms with Crippen molar-refractivity contribution in [1.82, 2.24) is 9.62 Å². The van der Waals surface area contributed by atoms with E-state index in [-0.39, 0.29) is 10.6 Å². The van der Waals surface area contributed by atoms with Crippen LogP contribution in [0, 0.1) is 16.0 Å². The first-order chi connectivity index (χ1) is 12.4. The van der Waals surface area contributed by atoms with Gasteiger partial charge in [-0.3, -0.25) is 15.0 Å². The third kappa shape index (κ3) is 4.88. The molecule has 1 aromatic heterocycles. The fraction of sp³-hybridized carbons (Fsp3) is 0.412. The number of hydrogen-bond acceptors (Lipinski definition) is 6. The van der Waals surface area contributed by atoms with Crippen molar-refractivity contribution >= 4 is 27.0 Å². The van der Waals surface area contributed by atoms with Crippen molar-refractivity contribution in [3.63, 3.8) is 0 Å². The smallest absolute Gasteiger partial charge is 0.269 e. The van der Waals surface area contributed by atoms with Gasteiger partial charge in [0.2, 0.25) is 10.0 Å². The molecule has 3 rings (SSSR count). The van der Waals surface area contributed by atoms with E-state index in [1.807, 2.05) is 0 Å². The monoisotopic (exact) mass is 395 g/mol. The highest BCUT2D eigenvalue weighted by Gasteiger charge is 2.22. The second kappa shape index (κ2) is 8.26. The number of sulfonamides is 1. The first-order valence-corrected chi connectivity index (χ1v) is 10.8. The number of likely N-dealkylation sites (tertiary alicyclic amines) is 1. The summed E-state index contributed by atoms with van der Waals surface area (Å²) < 4.78 is 27.3. The first kappa shape index (κ1) is 19.0. The highest BCUT2D eigenvalue weighted by atomic mass is 32.2. The van der Waals surface area contributed by atoms with Gasteiger partial charge in [0, 0.05) is 30.1 Å². The van der Waals surface area contributed by atoms with Gasteiger partial charge in [0.15, 0.2) is 0 Å². The number of rotatable bonds is 7. The lowest BCUT2D eigenvalue weighted by molar-refractivity contribution is -0.384. The van der Waals surface area contributed by atoms with Crippen LogP contribution in [0.25, 0.3) is 0 Å². The van der Waals surface area contributed by atoms with Crippen molar-refractivity contribution in [1.29, 1.82) is 0 Å². The van der Waals surface area contributed by atoms with Gasteiger partial charge in [-0.25, -0.2) is 13.1 Å². The van der Waals surface area contributed by atoms with Crippen molar-refractivity contribution in [2.24, 2.45) is 5.92 Å². The summed E-state index contributed by atoms with van der Waals surface area (Å²) in [5.74, 6) is 0.308. The second-order valence-electron chi connectivity index (χ2n) is 6.40. The molecule has 0 atom stereocenters. The summed E-state index contributed by atoms with van der Waals surface area (Å²) in [6.45, 7) is 3.27. The predicted molar refractivity (Wildman–Crippen MR) is 101 cm³/mol. The summed E-state index contributed by atoms with van der Waals surface area (Å²) in [6, 6.07) is 9.14. The highest BCUT2D eigenvalue weighted by Crippen LogP contribution is 2.21. The Morgan fingerprint density at radius 2 is 1.88 bits per heavy atom. The Hall–Kier alpha value is -1.81. The summed E-state index contributed by atoms with van der Waals surface area (Å²) in [5, 5.41) is 12.7. The van der Waals surface area contributed by atoms with Crippen LogP contribution in [0.5, 0.6) is 0 Å².